The van der Waals surface area contributed by atoms with E-state index in [1.807, 2.05) is 13.8 Å². The molecule has 0 radical (unpaired) electrons. The van der Waals surface area contributed by atoms with Crippen LogP contribution in [-0.2, 0) is 25.5 Å². The number of rotatable bonds is 3. The fraction of sp³-hybridized carbons (Fsp3) is 0.571. The highest BCUT2D eigenvalue weighted by atomic mass is 32.1. The van der Waals surface area contributed by atoms with Crippen molar-refractivity contribution in [2.45, 2.75) is 26.7 Å². The van der Waals surface area contributed by atoms with Gasteiger partial charge in [0.05, 0.1) is 18.6 Å². The molecule has 32 heavy (non-hydrogen) atoms. The van der Waals surface area contributed by atoms with Gasteiger partial charge in [0.25, 0.3) is 5.56 Å². The summed E-state index contributed by atoms with van der Waals surface area (Å²) in [5.74, 6) is -0.576. The quantitative estimate of drug-likeness (QED) is 0.647. The van der Waals surface area contributed by atoms with E-state index in [0.717, 1.165) is 10.4 Å². The average molecular weight is 462 g/mol. The third-order valence-corrected chi connectivity index (χ3v) is 7.17. The third kappa shape index (κ3) is 4.53. The van der Waals surface area contributed by atoms with Crippen LogP contribution in [0.1, 0.15) is 22.7 Å². The first-order chi connectivity index (χ1) is 15.3. The maximum Gasteiger partial charge on any atom is 0.312 e. The molecule has 2 aromatic heterocycles. The third-order valence-electron chi connectivity index (χ3n) is 6.06. The number of amides is 3. The summed E-state index contributed by atoms with van der Waals surface area (Å²) in [5.41, 5.74) is 0.775. The smallest absolute Gasteiger partial charge is 0.312 e. The summed E-state index contributed by atoms with van der Waals surface area (Å²) in [6.45, 7) is 7.03. The Morgan fingerprint density at radius 3 is 2.22 bits per heavy atom. The van der Waals surface area contributed by atoms with Crippen molar-refractivity contribution in [3.05, 3.63) is 26.6 Å². The Kier molecular flexibility index (Phi) is 6.56. The Morgan fingerprint density at radius 1 is 0.969 bits per heavy atom. The van der Waals surface area contributed by atoms with Gasteiger partial charge >= 0.3 is 11.8 Å². The van der Waals surface area contributed by atoms with Gasteiger partial charge in [-0.3, -0.25) is 19.2 Å². The SMILES string of the molecule is Cc1sc2nc(CCC(=O)N3CCN(C(=O)C(=O)N4CCOCC4)CC3)[nH]c(=O)c2c1C. The normalized spacial score (nSPS) is 17.1. The topological polar surface area (TPSA) is 116 Å². The van der Waals surface area contributed by atoms with Crippen molar-refractivity contribution in [1.29, 1.82) is 0 Å². The van der Waals surface area contributed by atoms with Gasteiger partial charge in [0.1, 0.15) is 10.7 Å². The minimum Gasteiger partial charge on any atom is -0.378 e. The zero-order chi connectivity index (χ0) is 22.8. The Labute approximate surface area is 189 Å². The molecule has 0 bridgehead atoms. The number of nitrogens with one attached hydrogen (secondary N) is 1. The number of morpholine rings is 1. The molecule has 0 atom stereocenters. The molecule has 0 spiro atoms. The van der Waals surface area contributed by atoms with E-state index in [0.29, 0.717) is 74.9 Å². The zero-order valence-corrected chi connectivity index (χ0v) is 19.1. The molecule has 4 rings (SSSR count). The van der Waals surface area contributed by atoms with E-state index in [1.54, 1.807) is 4.90 Å². The number of hydrogen-bond donors (Lipinski definition) is 1. The molecule has 10 nitrogen and oxygen atoms in total. The van der Waals surface area contributed by atoms with Crippen LogP contribution in [0, 0.1) is 13.8 Å². The van der Waals surface area contributed by atoms with Crippen molar-refractivity contribution < 1.29 is 19.1 Å². The van der Waals surface area contributed by atoms with Crippen molar-refractivity contribution >= 4 is 39.3 Å². The molecule has 1 N–H and O–H groups in total. The van der Waals surface area contributed by atoms with E-state index in [9.17, 15) is 19.2 Å². The summed E-state index contributed by atoms with van der Waals surface area (Å²) in [6.07, 6.45) is 0.563. The number of carbonyl (C=O) groups is 3. The number of H-pyrrole nitrogens is 1. The zero-order valence-electron chi connectivity index (χ0n) is 18.3. The highest BCUT2D eigenvalue weighted by Gasteiger charge is 2.31. The first-order valence-corrected chi connectivity index (χ1v) is 11.6. The summed E-state index contributed by atoms with van der Waals surface area (Å²) in [6, 6.07) is 0. The number of ether oxygens (including phenoxy) is 1. The van der Waals surface area contributed by atoms with Crippen molar-refractivity contribution in [2.24, 2.45) is 0 Å². The van der Waals surface area contributed by atoms with Crippen LogP contribution < -0.4 is 5.56 Å². The minimum absolute atomic E-state index is 0.0575. The van der Waals surface area contributed by atoms with Crippen molar-refractivity contribution in [2.75, 3.05) is 52.5 Å². The second kappa shape index (κ2) is 9.37. The molecule has 2 fully saturated rings. The van der Waals surface area contributed by atoms with Crippen LogP contribution in [0.4, 0.5) is 0 Å². The van der Waals surface area contributed by atoms with E-state index in [4.69, 9.17) is 4.74 Å². The van der Waals surface area contributed by atoms with Gasteiger partial charge in [-0.25, -0.2) is 4.98 Å². The molecule has 3 amide bonds. The molecule has 2 aromatic rings. The van der Waals surface area contributed by atoms with Gasteiger partial charge in [-0.2, -0.15) is 0 Å². The largest absolute Gasteiger partial charge is 0.378 e. The van der Waals surface area contributed by atoms with Crippen molar-refractivity contribution in [1.82, 2.24) is 24.7 Å². The summed E-state index contributed by atoms with van der Waals surface area (Å²) in [5, 5.41) is 0.620. The fourth-order valence-electron chi connectivity index (χ4n) is 4.00. The van der Waals surface area contributed by atoms with Gasteiger partial charge in [-0.15, -0.1) is 11.3 Å². The number of piperazine rings is 1. The lowest BCUT2D eigenvalue weighted by molar-refractivity contribution is -0.155. The molecular weight excluding hydrogens is 434 g/mol. The Bertz CT molecular complexity index is 1100. The highest BCUT2D eigenvalue weighted by molar-refractivity contribution is 7.18. The molecule has 0 saturated carbocycles. The molecular formula is C21H27N5O5S. The van der Waals surface area contributed by atoms with E-state index in [1.165, 1.54) is 21.1 Å². The molecule has 4 heterocycles. The minimum atomic E-state index is -0.518. The predicted octanol–water partition coefficient (Wildman–Crippen LogP) is 0.0636. The van der Waals surface area contributed by atoms with Gasteiger partial charge in [-0.1, -0.05) is 0 Å². The summed E-state index contributed by atoms with van der Waals surface area (Å²) in [4.78, 5) is 63.7. The standard InChI is InChI=1S/C21H27N5O5S/c1-13-14(2)32-19-17(13)18(28)22-15(23-19)3-4-16(27)24-5-7-25(8-6-24)20(29)21(30)26-9-11-31-12-10-26/h3-12H2,1-2H3,(H,22,23,28). The summed E-state index contributed by atoms with van der Waals surface area (Å²) < 4.78 is 5.22. The number of hydrogen-bond acceptors (Lipinski definition) is 7. The maximum absolute atomic E-state index is 12.7. The van der Waals surface area contributed by atoms with Crippen LogP contribution in [0.3, 0.4) is 0 Å². The van der Waals surface area contributed by atoms with Crippen LogP contribution in [-0.4, -0.2) is 94.9 Å². The first kappa shape index (κ1) is 22.4. The molecule has 2 saturated heterocycles. The van der Waals surface area contributed by atoms with Gasteiger partial charge in [0, 0.05) is 57.0 Å². The van der Waals surface area contributed by atoms with Crippen LogP contribution in [0.2, 0.25) is 0 Å². The lowest BCUT2D eigenvalue weighted by Crippen LogP contribution is -2.55. The lowest BCUT2D eigenvalue weighted by Gasteiger charge is -2.36. The maximum atomic E-state index is 12.7. The predicted molar refractivity (Wildman–Crippen MR) is 119 cm³/mol. The molecule has 0 aliphatic carbocycles. The number of thiophene rings is 1. The van der Waals surface area contributed by atoms with Crippen LogP contribution in [0.5, 0.6) is 0 Å². The highest BCUT2D eigenvalue weighted by Crippen LogP contribution is 2.25. The number of aryl methyl sites for hydroxylation is 3. The molecule has 2 aliphatic rings. The van der Waals surface area contributed by atoms with E-state index in [-0.39, 0.29) is 17.9 Å². The van der Waals surface area contributed by atoms with E-state index >= 15 is 0 Å². The van der Waals surface area contributed by atoms with Crippen LogP contribution in [0.15, 0.2) is 4.79 Å². The summed E-state index contributed by atoms with van der Waals surface area (Å²) >= 11 is 1.48. The molecule has 2 aliphatic heterocycles. The van der Waals surface area contributed by atoms with Gasteiger partial charge < -0.3 is 24.4 Å². The molecule has 11 heteroatoms. The Morgan fingerprint density at radius 2 is 1.56 bits per heavy atom. The second-order valence-electron chi connectivity index (χ2n) is 8.05. The lowest BCUT2D eigenvalue weighted by atomic mass is 10.2. The van der Waals surface area contributed by atoms with E-state index < -0.39 is 11.8 Å². The Hall–Kier alpha value is -2.79. The van der Waals surface area contributed by atoms with Crippen LogP contribution in [0.25, 0.3) is 10.2 Å². The molecule has 0 unspecified atom stereocenters. The van der Waals surface area contributed by atoms with Crippen LogP contribution >= 0.6 is 11.3 Å². The second-order valence-corrected chi connectivity index (χ2v) is 9.26. The fourth-order valence-corrected chi connectivity index (χ4v) is 5.05. The number of nitrogens with zero attached hydrogens (tertiary/aromatic N) is 4. The number of aromatic nitrogens is 2. The first-order valence-electron chi connectivity index (χ1n) is 10.8. The number of aromatic amines is 1. The van der Waals surface area contributed by atoms with Crippen molar-refractivity contribution in [3.63, 3.8) is 0 Å². The van der Waals surface area contributed by atoms with E-state index in [2.05, 4.69) is 9.97 Å². The van der Waals surface area contributed by atoms with Gasteiger partial charge in [-0.05, 0) is 19.4 Å². The van der Waals surface area contributed by atoms with Gasteiger partial charge in [0.2, 0.25) is 5.91 Å². The monoisotopic (exact) mass is 461 g/mol. The Balaban J connectivity index is 1.29. The van der Waals surface area contributed by atoms with Gasteiger partial charge in [0.15, 0.2) is 0 Å². The molecule has 0 aromatic carbocycles. The number of carbonyl (C=O) groups excluding carboxylic acids is 3. The molecule has 172 valence electrons. The van der Waals surface area contributed by atoms with Crippen molar-refractivity contribution in [3.8, 4) is 0 Å². The number of fused-ring (bicyclic) bond motifs is 1. The average Bonchev–Trinajstić information content (AvgIpc) is 3.10. The summed E-state index contributed by atoms with van der Waals surface area (Å²) in [7, 11) is 0.